The molecule has 0 radical (unpaired) electrons. The molecule has 0 aliphatic carbocycles. The summed E-state index contributed by atoms with van der Waals surface area (Å²) in [6, 6.07) is 0. The van der Waals surface area contributed by atoms with E-state index >= 15 is 0 Å². The monoisotopic (exact) mass is 241 g/mol. The summed E-state index contributed by atoms with van der Waals surface area (Å²) in [7, 11) is 0. The molecule has 1 rings (SSSR count). The number of nitrogens with zero attached hydrogens (tertiary/aromatic N) is 1. The minimum absolute atomic E-state index is 0.00000283. The van der Waals surface area contributed by atoms with Crippen molar-refractivity contribution in [1.29, 1.82) is 0 Å². The van der Waals surface area contributed by atoms with Gasteiger partial charge in [-0.15, -0.1) is 11.3 Å². The van der Waals surface area contributed by atoms with Crippen LogP contribution < -0.4 is 10.6 Å². The Hall–Kier alpha value is -0.940. The average Bonchev–Trinajstić information content (AvgIpc) is 2.60. The summed E-state index contributed by atoms with van der Waals surface area (Å²) in [5.41, 5.74) is 0.392. The molecule has 90 valence electrons. The van der Waals surface area contributed by atoms with Crippen molar-refractivity contribution < 1.29 is 4.79 Å². The molecule has 1 amide bonds. The molecule has 1 heterocycles. The molecule has 5 heteroatoms. The lowest BCUT2D eigenvalue weighted by atomic mass is 10.0. The number of aromatic nitrogens is 1. The molecule has 0 bridgehead atoms. The van der Waals surface area contributed by atoms with E-state index in [9.17, 15) is 4.79 Å². The van der Waals surface area contributed by atoms with Gasteiger partial charge in [0.05, 0.1) is 22.8 Å². The average molecular weight is 241 g/mol. The predicted molar refractivity (Wildman–Crippen MR) is 66.5 cm³/mol. The molecule has 0 spiro atoms. The third-order valence-corrected chi connectivity index (χ3v) is 3.11. The molecule has 0 atom stereocenters. The standard InChI is InChI=1S/C11H19N3OS/c1-5-13-11(3,4)10(15)12-6-9-7-16-8(2)14-9/h7,13H,5-6H2,1-4H3,(H,12,15). The smallest absolute Gasteiger partial charge is 0.240 e. The zero-order valence-electron chi connectivity index (χ0n) is 10.3. The summed E-state index contributed by atoms with van der Waals surface area (Å²) in [6.07, 6.45) is 0. The number of amides is 1. The zero-order valence-corrected chi connectivity index (χ0v) is 11.1. The first-order valence-electron chi connectivity index (χ1n) is 5.40. The summed E-state index contributed by atoms with van der Waals surface area (Å²) >= 11 is 1.60. The molecule has 1 aromatic heterocycles. The van der Waals surface area contributed by atoms with Crippen molar-refractivity contribution in [2.75, 3.05) is 6.54 Å². The van der Waals surface area contributed by atoms with Crippen molar-refractivity contribution in [3.63, 3.8) is 0 Å². The van der Waals surface area contributed by atoms with Crippen LogP contribution in [0.4, 0.5) is 0 Å². The van der Waals surface area contributed by atoms with Gasteiger partial charge >= 0.3 is 0 Å². The van der Waals surface area contributed by atoms with Crippen LogP contribution in [-0.4, -0.2) is 23.0 Å². The molecule has 0 saturated carbocycles. The summed E-state index contributed by atoms with van der Waals surface area (Å²) in [4.78, 5) is 16.1. The van der Waals surface area contributed by atoms with E-state index in [0.717, 1.165) is 17.2 Å². The van der Waals surface area contributed by atoms with Crippen molar-refractivity contribution in [1.82, 2.24) is 15.6 Å². The lowest BCUT2D eigenvalue weighted by Gasteiger charge is -2.24. The molecule has 16 heavy (non-hydrogen) atoms. The highest BCUT2D eigenvalue weighted by atomic mass is 32.1. The van der Waals surface area contributed by atoms with Gasteiger partial charge in [0.15, 0.2) is 0 Å². The van der Waals surface area contributed by atoms with Crippen LogP contribution in [0.1, 0.15) is 31.5 Å². The quantitative estimate of drug-likeness (QED) is 0.820. The van der Waals surface area contributed by atoms with E-state index in [0.29, 0.717) is 6.54 Å². The molecule has 1 aromatic rings. The summed E-state index contributed by atoms with van der Waals surface area (Å²) in [6.45, 7) is 8.96. The first kappa shape index (κ1) is 13.1. The zero-order chi connectivity index (χ0) is 12.2. The molecule has 0 fully saturated rings. The van der Waals surface area contributed by atoms with E-state index in [1.807, 2.05) is 33.1 Å². The minimum atomic E-state index is -0.528. The number of thiazole rings is 1. The first-order chi connectivity index (χ1) is 7.45. The van der Waals surface area contributed by atoms with Gasteiger partial charge in [0.2, 0.25) is 5.91 Å². The fourth-order valence-corrected chi connectivity index (χ4v) is 2.02. The lowest BCUT2D eigenvalue weighted by Crippen LogP contribution is -2.52. The van der Waals surface area contributed by atoms with Crippen LogP contribution in [0, 0.1) is 6.92 Å². The predicted octanol–water partition coefficient (Wildman–Crippen LogP) is 1.46. The van der Waals surface area contributed by atoms with Gasteiger partial charge in [0.25, 0.3) is 0 Å². The van der Waals surface area contributed by atoms with E-state index in [1.165, 1.54) is 0 Å². The van der Waals surface area contributed by atoms with E-state index < -0.39 is 5.54 Å². The van der Waals surface area contributed by atoms with E-state index in [2.05, 4.69) is 15.6 Å². The highest BCUT2D eigenvalue weighted by molar-refractivity contribution is 7.09. The Morgan fingerprint density at radius 2 is 2.25 bits per heavy atom. The van der Waals surface area contributed by atoms with Crippen LogP contribution >= 0.6 is 11.3 Å². The van der Waals surface area contributed by atoms with Crippen molar-refractivity contribution in [3.05, 3.63) is 16.1 Å². The van der Waals surface area contributed by atoms with Crippen molar-refractivity contribution in [2.45, 2.75) is 39.8 Å². The highest BCUT2D eigenvalue weighted by Gasteiger charge is 2.25. The largest absolute Gasteiger partial charge is 0.349 e. The van der Waals surface area contributed by atoms with Crippen molar-refractivity contribution in [3.8, 4) is 0 Å². The molecule has 0 aliphatic rings. The number of aryl methyl sites for hydroxylation is 1. The number of hydrogen-bond donors (Lipinski definition) is 2. The third kappa shape index (κ3) is 3.57. The minimum Gasteiger partial charge on any atom is -0.349 e. The highest BCUT2D eigenvalue weighted by Crippen LogP contribution is 2.08. The second-order valence-electron chi connectivity index (χ2n) is 4.20. The van der Waals surface area contributed by atoms with Crippen LogP contribution in [0.25, 0.3) is 0 Å². The Balaban J connectivity index is 2.46. The van der Waals surface area contributed by atoms with Gasteiger partial charge in [0.1, 0.15) is 0 Å². The van der Waals surface area contributed by atoms with E-state index in [-0.39, 0.29) is 5.91 Å². The summed E-state index contributed by atoms with van der Waals surface area (Å²) < 4.78 is 0. The Kier molecular flexibility index (Phi) is 4.44. The maximum Gasteiger partial charge on any atom is 0.240 e. The van der Waals surface area contributed by atoms with Gasteiger partial charge in [-0.05, 0) is 27.3 Å². The van der Waals surface area contributed by atoms with Crippen LogP contribution in [0.5, 0.6) is 0 Å². The molecular formula is C11H19N3OS. The molecule has 0 aromatic carbocycles. The second-order valence-corrected chi connectivity index (χ2v) is 5.26. The van der Waals surface area contributed by atoms with E-state index in [4.69, 9.17) is 0 Å². The van der Waals surface area contributed by atoms with Crippen LogP contribution in [0.2, 0.25) is 0 Å². The van der Waals surface area contributed by atoms with Crippen molar-refractivity contribution >= 4 is 17.2 Å². The second kappa shape index (κ2) is 5.41. The molecule has 0 saturated heterocycles. The van der Waals surface area contributed by atoms with Crippen molar-refractivity contribution in [2.24, 2.45) is 0 Å². The number of carbonyl (C=O) groups excluding carboxylic acids is 1. The normalized spacial score (nSPS) is 11.5. The lowest BCUT2D eigenvalue weighted by molar-refractivity contribution is -0.126. The van der Waals surface area contributed by atoms with Gasteiger partial charge in [-0.25, -0.2) is 4.98 Å². The van der Waals surface area contributed by atoms with Crippen LogP contribution in [-0.2, 0) is 11.3 Å². The van der Waals surface area contributed by atoms with Gasteiger partial charge in [-0.2, -0.15) is 0 Å². The number of carbonyl (C=O) groups is 1. The third-order valence-electron chi connectivity index (χ3n) is 2.28. The number of rotatable bonds is 5. The Bertz CT molecular complexity index is 360. The molecule has 0 unspecified atom stereocenters. The Morgan fingerprint density at radius 3 is 2.75 bits per heavy atom. The van der Waals surface area contributed by atoms with Crippen LogP contribution in [0.15, 0.2) is 5.38 Å². The van der Waals surface area contributed by atoms with Gasteiger partial charge in [0, 0.05) is 5.38 Å². The molecular weight excluding hydrogens is 222 g/mol. The summed E-state index contributed by atoms with van der Waals surface area (Å²) in [5, 5.41) is 9.00. The topological polar surface area (TPSA) is 54.0 Å². The fourth-order valence-electron chi connectivity index (χ4n) is 1.40. The van der Waals surface area contributed by atoms with Gasteiger partial charge < -0.3 is 10.6 Å². The summed E-state index contributed by atoms with van der Waals surface area (Å²) in [5.74, 6) is 0.00000283. The number of nitrogens with one attached hydrogen (secondary N) is 2. The SMILES string of the molecule is CCNC(C)(C)C(=O)NCc1csc(C)n1. The first-order valence-corrected chi connectivity index (χ1v) is 6.28. The fraction of sp³-hybridized carbons (Fsp3) is 0.636. The number of likely N-dealkylation sites (N-methyl/N-ethyl adjacent to an activating group) is 1. The van der Waals surface area contributed by atoms with E-state index in [1.54, 1.807) is 11.3 Å². The molecule has 4 nitrogen and oxygen atoms in total. The Morgan fingerprint density at radius 1 is 1.56 bits per heavy atom. The molecule has 0 aliphatic heterocycles. The Labute approximate surface area is 100 Å². The molecule has 2 N–H and O–H groups in total. The van der Waals surface area contributed by atoms with Gasteiger partial charge in [-0.1, -0.05) is 6.92 Å². The maximum atomic E-state index is 11.8. The van der Waals surface area contributed by atoms with Crippen LogP contribution in [0.3, 0.4) is 0 Å². The number of hydrogen-bond acceptors (Lipinski definition) is 4. The van der Waals surface area contributed by atoms with Gasteiger partial charge in [-0.3, -0.25) is 4.79 Å². The maximum absolute atomic E-state index is 11.8.